The van der Waals surface area contributed by atoms with Crippen LogP contribution >= 0.6 is 0 Å². The summed E-state index contributed by atoms with van der Waals surface area (Å²) in [5.41, 5.74) is 5.45. The Hall–Kier alpha value is -2.68. The van der Waals surface area contributed by atoms with Crippen molar-refractivity contribution in [1.82, 2.24) is 20.1 Å². The Balaban J connectivity index is 1.64. The molecule has 2 aromatic rings. The van der Waals surface area contributed by atoms with Crippen molar-refractivity contribution in [3.8, 4) is 0 Å². The van der Waals surface area contributed by atoms with Crippen molar-refractivity contribution in [1.29, 1.82) is 0 Å². The van der Waals surface area contributed by atoms with Crippen LogP contribution in [0.2, 0.25) is 0 Å². The molecule has 1 atom stereocenters. The Kier molecular flexibility index (Phi) is 8.96. The largest absolute Gasteiger partial charge is 0.374 e. The molecule has 38 heavy (non-hydrogen) atoms. The van der Waals surface area contributed by atoms with Crippen LogP contribution in [-0.4, -0.2) is 71.6 Å². The molecule has 1 unspecified atom stereocenters. The zero-order chi connectivity index (χ0) is 27.6. The van der Waals surface area contributed by atoms with E-state index in [4.69, 9.17) is 0 Å². The maximum absolute atomic E-state index is 13.3. The number of likely N-dealkylation sites (tertiary alicyclic amines) is 1. The van der Waals surface area contributed by atoms with Crippen molar-refractivity contribution in [2.45, 2.75) is 84.7 Å². The minimum Gasteiger partial charge on any atom is -0.374 e. The number of nitrogens with one attached hydrogen (secondary N) is 2. The summed E-state index contributed by atoms with van der Waals surface area (Å²) in [5.74, 6) is 0.0177. The Bertz CT molecular complexity index is 1200. The number of rotatable bonds is 9. The minimum absolute atomic E-state index is 0.0177. The third kappa shape index (κ3) is 5.98. The van der Waals surface area contributed by atoms with Gasteiger partial charge in [0.05, 0.1) is 0 Å². The molecule has 3 N–H and O–H groups in total. The molecule has 1 saturated heterocycles. The summed E-state index contributed by atoms with van der Waals surface area (Å²) in [5, 5.41) is 14.5. The number of H-pyrrole nitrogens is 1. The fourth-order valence-corrected chi connectivity index (χ4v) is 6.05. The third-order valence-corrected chi connectivity index (χ3v) is 8.56. The van der Waals surface area contributed by atoms with Crippen LogP contribution in [0.15, 0.2) is 23.0 Å². The Labute approximate surface area is 227 Å². The lowest BCUT2D eigenvalue weighted by Gasteiger charge is -2.41. The van der Waals surface area contributed by atoms with Gasteiger partial charge in [-0.05, 0) is 103 Å². The van der Waals surface area contributed by atoms with E-state index < -0.39 is 6.23 Å². The number of carbonyl (C=O) groups excluding carboxylic acids is 1. The number of hydrogen-bond acceptors (Lipinski definition) is 6. The van der Waals surface area contributed by atoms with Gasteiger partial charge in [0.15, 0.2) is 0 Å². The molecule has 1 aromatic carbocycles. The van der Waals surface area contributed by atoms with Crippen molar-refractivity contribution >= 4 is 11.6 Å². The summed E-state index contributed by atoms with van der Waals surface area (Å²) in [7, 11) is 4.31. The first-order chi connectivity index (χ1) is 18.1. The van der Waals surface area contributed by atoms with Gasteiger partial charge in [-0.25, -0.2) is 0 Å². The Morgan fingerprint density at radius 1 is 1.11 bits per heavy atom. The molecule has 1 saturated carbocycles. The Morgan fingerprint density at radius 3 is 2.32 bits per heavy atom. The van der Waals surface area contributed by atoms with Crippen molar-refractivity contribution in [3.63, 3.8) is 0 Å². The lowest BCUT2D eigenvalue weighted by atomic mass is 9.88. The highest BCUT2D eigenvalue weighted by molar-refractivity contribution is 5.96. The molecule has 1 aliphatic carbocycles. The number of anilines is 1. The number of carbonyl (C=O) groups is 1. The smallest absolute Gasteiger partial charge is 0.253 e. The van der Waals surface area contributed by atoms with Gasteiger partial charge < -0.3 is 24.8 Å². The van der Waals surface area contributed by atoms with E-state index in [2.05, 4.69) is 41.1 Å². The number of aliphatic hydroxyl groups is 1. The molecule has 2 heterocycles. The van der Waals surface area contributed by atoms with Gasteiger partial charge in [0.25, 0.3) is 11.5 Å². The van der Waals surface area contributed by atoms with Gasteiger partial charge in [-0.2, -0.15) is 0 Å². The van der Waals surface area contributed by atoms with E-state index >= 15 is 0 Å². The van der Waals surface area contributed by atoms with Gasteiger partial charge in [0, 0.05) is 66.3 Å². The average molecular weight is 524 g/mol. The van der Waals surface area contributed by atoms with Crippen LogP contribution in [0, 0.1) is 20.8 Å². The summed E-state index contributed by atoms with van der Waals surface area (Å²) < 4.78 is 0. The second-order valence-corrected chi connectivity index (χ2v) is 11.3. The molecule has 1 amide bonds. The monoisotopic (exact) mass is 523 g/mol. The SMILES string of the molecule is CCN(c1cc(C(=O)N2CCC2)cc(C(O)NCc2c(C)cc(C)[nH]c2=O)c1C)C1CCC(N(C)C)CC1. The summed E-state index contributed by atoms with van der Waals surface area (Å²) in [4.78, 5) is 35.3. The van der Waals surface area contributed by atoms with Gasteiger partial charge in [0.2, 0.25) is 0 Å². The molecule has 0 radical (unpaired) electrons. The first-order valence-corrected chi connectivity index (χ1v) is 14.1. The quantitative estimate of drug-likeness (QED) is 0.435. The van der Waals surface area contributed by atoms with Crippen LogP contribution in [0.5, 0.6) is 0 Å². The number of aryl methyl sites for hydroxylation is 2. The maximum atomic E-state index is 13.3. The summed E-state index contributed by atoms with van der Waals surface area (Å²) in [6.45, 7) is 10.6. The van der Waals surface area contributed by atoms with Gasteiger partial charge >= 0.3 is 0 Å². The normalized spacial score (nSPS) is 20.4. The number of amides is 1. The van der Waals surface area contributed by atoms with Crippen LogP contribution < -0.4 is 15.8 Å². The highest BCUT2D eigenvalue weighted by Crippen LogP contribution is 2.35. The first-order valence-electron chi connectivity index (χ1n) is 14.1. The van der Waals surface area contributed by atoms with E-state index in [9.17, 15) is 14.7 Å². The van der Waals surface area contributed by atoms with Crippen LogP contribution in [0.1, 0.15) is 83.6 Å². The molecular formula is C30H45N5O3. The number of pyridine rings is 1. The van der Waals surface area contributed by atoms with E-state index in [0.717, 1.165) is 74.2 Å². The molecule has 2 aliphatic rings. The number of aromatic amines is 1. The average Bonchev–Trinajstić information content (AvgIpc) is 2.83. The van der Waals surface area contributed by atoms with E-state index in [1.54, 1.807) is 0 Å². The second kappa shape index (κ2) is 12.0. The molecule has 0 spiro atoms. The van der Waals surface area contributed by atoms with Gasteiger partial charge in [-0.3, -0.25) is 14.9 Å². The van der Waals surface area contributed by atoms with Crippen LogP contribution in [0.25, 0.3) is 0 Å². The van der Waals surface area contributed by atoms with Crippen LogP contribution in [0.3, 0.4) is 0 Å². The molecule has 2 fully saturated rings. The summed E-state index contributed by atoms with van der Waals surface area (Å²) in [6.07, 6.45) is 4.53. The predicted octanol–water partition coefficient (Wildman–Crippen LogP) is 3.63. The van der Waals surface area contributed by atoms with Gasteiger partial charge in [0.1, 0.15) is 6.23 Å². The highest BCUT2D eigenvalue weighted by Gasteiger charge is 2.30. The maximum Gasteiger partial charge on any atom is 0.253 e. The third-order valence-electron chi connectivity index (χ3n) is 8.56. The topological polar surface area (TPSA) is 91.9 Å². The number of nitrogens with zero attached hydrogens (tertiary/aromatic N) is 3. The van der Waals surface area contributed by atoms with Crippen molar-refractivity contribution in [2.75, 3.05) is 38.6 Å². The van der Waals surface area contributed by atoms with Gasteiger partial charge in [-0.15, -0.1) is 0 Å². The number of hydrogen-bond donors (Lipinski definition) is 3. The molecule has 0 bridgehead atoms. The van der Waals surface area contributed by atoms with E-state index in [1.807, 2.05) is 43.9 Å². The lowest BCUT2D eigenvalue weighted by molar-refractivity contribution is 0.0651. The molecule has 1 aliphatic heterocycles. The molecule has 8 nitrogen and oxygen atoms in total. The minimum atomic E-state index is -1.01. The molecule has 4 rings (SSSR count). The lowest BCUT2D eigenvalue weighted by Crippen LogP contribution is -2.43. The highest BCUT2D eigenvalue weighted by atomic mass is 16.3. The molecule has 8 heteroatoms. The van der Waals surface area contributed by atoms with Crippen molar-refractivity contribution < 1.29 is 9.90 Å². The Morgan fingerprint density at radius 2 is 1.76 bits per heavy atom. The van der Waals surface area contributed by atoms with Crippen LogP contribution in [0.4, 0.5) is 5.69 Å². The molecule has 1 aromatic heterocycles. The molecule has 208 valence electrons. The summed E-state index contributed by atoms with van der Waals surface area (Å²) >= 11 is 0. The van der Waals surface area contributed by atoms with E-state index in [-0.39, 0.29) is 18.0 Å². The van der Waals surface area contributed by atoms with Crippen molar-refractivity contribution in [2.24, 2.45) is 0 Å². The van der Waals surface area contributed by atoms with E-state index in [0.29, 0.717) is 28.8 Å². The number of aliphatic hydroxyl groups excluding tert-OH is 1. The zero-order valence-corrected chi connectivity index (χ0v) is 23.9. The van der Waals surface area contributed by atoms with Crippen LogP contribution in [-0.2, 0) is 6.54 Å². The van der Waals surface area contributed by atoms with Gasteiger partial charge in [-0.1, -0.05) is 0 Å². The molecular weight excluding hydrogens is 478 g/mol. The fourth-order valence-electron chi connectivity index (χ4n) is 6.05. The summed E-state index contributed by atoms with van der Waals surface area (Å²) in [6, 6.07) is 6.81. The predicted molar refractivity (Wildman–Crippen MR) is 153 cm³/mol. The first kappa shape index (κ1) is 28.3. The standard InChI is InChI=1S/C30H45N5O3/c1-7-35(24-11-9-23(10-12-24)33(5)6)27-17-22(30(38)34-13-8-14-34)16-25(21(27)4)28(36)31-18-26-19(2)15-20(3)32-29(26)37/h15-17,23-24,28,31,36H,7-14,18H2,1-6H3,(H,32,37). The number of benzene rings is 1. The second-order valence-electron chi connectivity index (χ2n) is 11.3. The zero-order valence-electron chi connectivity index (χ0n) is 23.9. The fraction of sp³-hybridized carbons (Fsp3) is 0.600. The number of aromatic nitrogens is 1. The van der Waals surface area contributed by atoms with Crippen molar-refractivity contribution in [3.05, 3.63) is 62.1 Å². The van der Waals surface area contributed by atoms with E-state index in [1.165, 1.54) is 0 Å².